The smallest absolute Gasteiger partial charge is 0.252 e. The highest BCUT2D eigenvalue weighted by atomic mass is 35.5. The number of carbonyl (C=O) groups is 3. The van der Waals surface area contributed by atoms with Gasteiger partial charge in [0.2, 0.25) is 5.91 Å². The number of nitrogens with zero attached hydrogens (tertiary/aromatic N) is 1. The van der Waals surface area contributed by atoms with Crippen LogP contribution in [0.15, 0.2) is 78.9 Å². The summed E-state index contributed by atoms with van der Waals surface area (Å²) in [5.41, 5.74) is 8.77. The maximum atomic E-state index is 13.1. The van der Waals surface area contributed by atoms with Gasteiger partial charge >= 0.3 is 0 Å². The molecule has 170 valence electrons. The molecule has 0 radical (unpaired) electrons. The van der Waals surface area contributed by atoms with Crippen molar-refractivity contribution in [2.24, 2.45) is 5.73 Å². The zero-order chi connectivity index (χ0) is 24.1. The summed E-state index contributed by atoms with van der Waals surface area (Å²) in [6.07, 6.45) is 0. The number of hydrogen-bond donors (Lipinski definition) is 3. The third kappa shape index (κ3) is 5.22. The van der Waals surface area contributed by atoms with Gasteiger partial charge in [-0.3, -0.25) is 14.4 Å². The van der Waals surface area contributed by atoms with Gasteiger partial charge in [0, 0.05) is 28.1 Å². The van der Waals surface area contributed by atoms with E-state index in [0.717, 1.165) is 16.5 Å². The van der Waals surface area contributed by atoms with Gasteiger partial charge < -0.3 is 16.4 Å². The van der Waals surface area contributed by atoms with E-state index in [1.54, 1.807) is 36.4 Å². The van der Waals surface area contributed by atoms with Crippen LogP contribution in [-0.2, 0) is 11.3 Å². The molecule has 0 saturated carbocycles. The van der Waals surface area contributed by atoms with Crippen LogP contribution in [0.5, 0.6) is 0 Å². The van der Waals surface area contributed by atoms with E-state index in [0.29, 0.717) is 27.4 Å². The first-order chi connectivity index (χ1) is 16.4. The lowest BCUT2D eigenvalue weighted by Crippen LogP contribution is -2.33. The van der Waals surface area contributed by atoms with Crippen LogP contribution >= 0.6 is 11.6 Å². The molecule has 34 heavy (non-hydrogen) atoms. The van der Waals surface area contributed by atoms with Gasteiger partial charge in [0.05, 0.1) is 23.3 Å². The molecule has 3 aromatic carbocycles. The molecule has 7 nitrogen and oxygen atoms in total. The molecule has 1 aromatic heterocycles. The van der Waals surface area contributed by atoms with Crippen molar-refractivity contribution < 1.29 is 14.4 Å². The average Bonchev–Trinajstić information content (AvgIpc) is 2.85. The Labute approximate surface area is 200 Å². The van der Waals surface area contributed by atoms with Crippen LogP contribution < -0.4 is 16.4 Å². The van der Waals surface area contributed by atoms with Gasteiger partial charge in [-0.05, 0) is 35.9 Å². The Bertz CT molecular complexity index is 1390. The molecule has 0 aliphatic heterocycles. The average molecular weight is 473 g/mol. The lowest BCUT2D eigenvalue weighted by Gasteiger charge is -2.12. The second-order valence-electron chi connectivity index (χ2n) is 7.58. The zero-order valence-corrected chi connectivity index (χ0v) is 18.8. The van der Waals surface area contributed by atoms with Gasteiger partial charge in [-0.15, -0.1) is 0 Å². The molecular formula is C26H21ClN4O3. The number of para-hydroxylation sites is 1. The summed E-state index contributed by atoms with van der Waals surface area (Å²) < 4.78 is 0. The fourth-order valence-corrected chi connectivity index (χ4v) is 3.72. The Kier molecular flexibility index (Phi) is 6.85. The van der Waals surface area contributed by atoms with E-state index in [1.807, 2.05) is 42.5 Å². The van der Waals surface area contributed by atoms with Crippen LogP contribution in [0.4, 0.5) is 0 Å². The number of rotatable bonds is 7. The second-order valence-corrected chi connectivity index (χ2v) is 7.99. The number of halogens is 1. The molecule has 4 rings (SSSR count). The van der Waals surface area contributed by atoms with Gasteiger partial charge in [-0.25, -0.2) is 4.98 Å². The molecule has 0 aliphatic carbocycles. The number of primary amides is 1. The molecule has 3 amide bonds. The van der Waals surface area contributed by atoms with Crippen molar-refractivity contribution in [3.8, 4) is 11.3 Å². The molecule has 0 unspecified atom stereocenters. The van der Waals surface area contributed by atoms with Gasteiger partial charge in [0.1, 0.15) is 0 Å². The number of aromatic nitrogens is 1. The highest BCUT2D eigenvalue weighted by Gasteiger charge is 2.15. The van der Waals surface area contributed by atoms with E-state index in [9.17, 15) is 14.4 Å². The van der Waals surface area contributed by atoms with E-state index in [1.165, 1.54) is 0 Å². The van der Waals surface area contributed by atoms with E-state index in [-0.39, 0.29) is 19.0 Å². The van der Waals surface area contributed by atoms with Crippen LogP contribution in [0.3, 0.4) is 0 Å². The van der Waals surface area contributed by atoms with Crippen LogP contribution in [0, 0.1) is 0 Å². The molecule has 0 aliphatic rings. The molecule has 4 N–H and O–H groups in total. The molecule has 0 spiro atoms. The number of nitrogens with one attached hydrogen (secondary N) is 2. The van der Waals surface area contributed by atoms with Crippen molar-refractivity contribution in [2.75, 3.05) is 6.54 Å². The van der Waals surface area contributed by atoms with Gasteiger partial charge in [0.25, 0.3) is 11.8 Å². The van der Waals surface area contributed by atoms with Crippen molar-refractivity contribution in [1.82, 2.24) is 15.6 Å². The zero-order valence-electron chi connectivity index (χ0n) is 18.0. The van der Waals surface area contributed by atoms with E-state index in [4.69, 9.17) is 17.3 Å². The highest BCUT2D eigenvalue weighted by Crippen LogP contribution is 2.29. The van der Waals surface area contributed by atoms with E-state index in [2.05, 4.69) is 15.6 Å². The van der Waals surface area contributed by atoms with Gasteiger partial charge in [-0.2, -0.15) is 0 Å². The van der Waals surface area contributed by atoms with E-state index >= 15 is 0 Å². The molecule has 0 fully saturated rings. The summed E-state index contributed by atoms with van der Waals surface area (Å²) in [6, 6.07) is 23.2. The SMILES string of the molecule is NC(=O)CNC(=O)c1ccc(CNC(=O)c2cc(-c3ccccc3Cl)nc3ccccc23)cc1. The van der Waals surface area contributed by atoms with Crippen LogP contribution in [-0.4, -0.2) is 29.3 Å². The van der Waals surface area contributed by atoms with Crippen LogP contribution in [0.2, 0.25) is 5.02 Å². The topological polar surface area (TPSA) is 114 Å². The lowest BCUT2D eigenvalue weighted by atomic mass is 10.0. The summed E-state index contributed by atoms with van der Waals surface area (Å²) >= 11 is 6.36. The van der Waals surface area contributed by atoms with Gasteiger partial charge in [0.15, 0.2) is 0 Å². The Morgan fingerprint density at radius 3 is 2.29 bits per heavy atom. The summed E-state index contributed by atoms with van der Waals surface area (Å²) in [5, 5.41) is 6.64. The van der Waals surface area contributed by atoms with Crippen molar-refractivity contribution in [3.05, 3.63) is 101 Å². The van der Waals surface area contributed by atoms with E-state index < -0.39 is 11.8 Å². The minimum Gasteiger partial charge on any atom is -0.368 e. The summed E-state index contributed by atoms with van der Waals surface area (Å²) in [7, 11) is 0. The monoisotopic (exact) mass is 472 g/mol. The minimum atomic E-state index is -0.617. The van der Waals surface area contributed by atoms with Crippen molar-refractivity contribution in [2.45, 2.75) is 6.54 Å². The fourth-order valence-electron chi connectivity index (χ4n) is 3.49. The molecule has 1 heterocycles. The number of nitrogens with two attached hydrogens (primary N) is 1. The first-order valence-electron chi connectivity index (χ1n) is 10.5. The predicted molar refractivity (Wildman–Crippen MR) is 131 cm³/mol. The molecular weight excluding hydrogens is 452 g/mol. The van der Waals surface area contributed by atoms with Crippen LogP contribution in [0.25, 0.3) is 22.2 Å². The number of fused-ring (bicyclic) bond motifs is 1. The van der Waals surface area contributed by atoms with Gasteiger partial charge in [-0.1, -0.05) is 60.1 Å². The molecule has 0 bridgehead atoms. The highest BCUT2D eigenvalue weighted by molar-refractivity contribution is 6.33. The normalized spacial score (nSPS) is 10.6. The third-order valence-electron chi connectivity index (χ3n) is 5.20. The second kappa shape index (κ2) is 10.1. The molecule has 0 saturated heterocycles. The standard InChI is InChI=1S/C26H21ClN4O3/c27-21-7-3-1-6-19(21)23-13-20(18-5-2-4-8-22(18)31-23)26(34)29-14-16-9-11-17(12-10-16)25(33)30-15-24(28)32/h1-13H,14-15H2,(H2,28,32)(H,29,34)(H,30,33). The Morgan fingerprint density at radius 1 is 0.853 bits per heavy atom. The maximum Gasteiger partial charge on any atom is 0.252 e. The third-order valence-corrected chi connectivity index (χ3v) is 5.53. The minimum absolute atomic E-state index is 0.229. The quantitative estimate of drug-likeness (QED) is 0.380. The van der Waals surface area contributed by atoms with Crippen molar-refractivity contribution >= 4 is 40.2 Å². The number of carbonyl (C=O) groups excluding carboxylic acids is 3. The summed E-state index contributed by atoms with van der Waals surface area (Å²) in [4.78, 5) is 40.7. The number of hydrogen-bond acceptors (Lipinski definition) is 4. The summed E-state index contributed by atoms with van der Waals surface area (Å²) in [6.45, 7) is 0.0345. The summed E-state index contributed by atoms with van der Waals surface area (Å²) in [5.74, 6) is -1.27. The first-order valence-corrected chi connectivity index (χ1v) is 10.9. The lowest BCUT2D eigenvalue weighted by molar-refractivity contribution is -0.117. The largest absolute Gasteiger partial charge is 0.368 e. The Balaban J connectivity index is 1.54. The number of pyridine rings is 1. The van der Waals surface area contributed by atoms with Crippen molar-refractivity contribution in [3.63, 3.8) is 0 Å². The number of benzene rings is 3. The Morgan fingerprint density at radius 2 is 1.56 bits per heavy atom. The number of amides is 3. The maximum absolute atomic E-state index is 13.1. The predicted octanol–water partition coefficient (Wildman–Crippen LogP) is 3.70. The Hall–Kier alpha value is -4.23. The molecule has 4 aromatic rings. The first kappa shape index (κ1) is 22.9. The molecule has 8 heteroatoms. The van der Waals surface area contributed by atoms with Crippen LogP contribution in [0.1, 0.15) is 26.3 Å². The van der Waals surface area contributed by atoms with Crippen molar-refractivity contribution in [1.29, 1.82) is 0 Å². The fraction of sp³-hybridized carbons (Fsp3) is 0.0769. The molecule has 0 atom stereocenters.